The van der Waals surface area contributed by atoms with E-state index in [0.717, 1.165) is 5.92 Å². The van der Waals surface area contributed by atoms with Crippen LogP contribution in [0.5, 0.6) is 0 Å². The molecule has 0 amide bonds. The third-order valence-electron chi connectivity index (χ3n) is 5.39. The molecule has 3 aliphatic rings. The Morgan fingerprint density at radius 2 is 1.70 bits per heavy atom. The minimum absolute atomic E-state index is 0.0601. The smallest absolute Gasteiger partial charge is 0.310 e. The number of allylic oxidation sites excluding steroid dienone is 2. The van der Waals surface area contributed by atoms with Gasteiger partial charge in [-0.2, -0.15) is 0 Å². The van der Waals surface area contributed by atoms with Crippen LogP contribution in [-0.2, 0) is 9.53 Å². The van der Waals surface area contributed by atoms with Gasteiger partial charge < -0.3 is 4.74 Å². The third-order valence-corrected chi connectivity index (χ3v) is 5.39. The monoisotopic (exact) mass is 276 g/mol. The molecular formula is C18H28O2. The highest BCUT2D eigenvalue weighted by atomic mass is 16.6. The van der Waals surface area contributed by atoms with E-state index < -0.39 is 0 Å². The number of ether oxygens (including phenoxy) is 1. The molecule has 112 valence electrons. The zero-order chi connectivity index (χ0) is 14.3. The van der Waals surface area contributed by atoms with Gasteiger partial charge in [0.05, 0.1) is 5.92 Å². The Bertz CT molecular complexity index is 398. The lowest BCUT2D eigenvalue weighted by Crippen LogP contribution is -2.38. The minimum Gasteiger partial charge on any atom is -0.460 e. The van der Waals surface area contributed by atoms with E-state index in [1.807, 2.05) is 20.8 Å². The molecule has 2 heteroatoms. The van der Waals surface area contributed by atoms with Crippen molar-refractivity contribution >= 4 is 5.97 Å². The maximum absolute atomic E-state index is 12.6. The number of esters is 1. The van der Waals surface area contributed by atoms with Crippen molar-refractivity contribution in [2.24, 2.45) is 29.6 Å². The van der Waals surface area contributed by atoms with Gasteiger partial charge in [-0.3, -0.25) is 4.79 Å². The zero-order valence-electron chi connectivity index (χ0n) is 13.1. The van der Waals surface area contributed by atoms with E-state index in [9.17, 15) is 4.79 Å². The molecule has 2 fully saturated rings. The second-order valence-electron chi connectivity index (χ2n) is 7.98. The molecule has 0 aromatic rings. The Hall–Kier alpha value is -0.790. The summed E-state index contributed by atoms with van der Waals surface area (Å²) in [6, 6.07) is 0. The first-order chi connectivity index (χ1) is 9.46. The standard InChI is InChI=1S/C18H28O2/c1-18(2,3)20-17(19)16-14-10-9-13(11-14)15(16)12-7-5-4-6-8-12/h9-10,12-16H,4-8,11H2,1-3H3. The molecule has 3 aliphatic carbocycles. The van der Waals surface area contributed by atoms with Gasteiger partial charge in [-0.15, -0.1) is 0 Å². The first-order valence-electron chi connectivity index (χ1n) is 8.37. The van der Waals surface area contributed by atoms with Crippen LogP contribution in [0, 0.1) is 29.6 Å². The molecule has 20 heavy (non-hydrogen) atoms. The van der Waals surface area contributed by atoms with Gasteiger partial charge in [0.1, 0.15) is 5.60 Å². The van der Waals surface area contributed by atoms with E-state index in [0.29, 0.717) is 17.8 Å². The number of carbonyl (C=O) groups excluding carboxylic acids is 1. The van der Waals surface area contributed by atoms with Crippen molar-refractivity contribution < 1.29 is 9.53 Å². The Morgan fingerprint density at radius 3 is 2.35 bits per heavy atom. The average molecular weight is 276 g/mol. The molecule has 0 spiro atoms. The lowest BCUT2D eigenvalue weighted by atomic mass is 9.69. The molecular weight excluding hydrogens is 248 g/mol. The van der Waals surface area contributed by atoms with Gasteiger partial charge in [-0.05, 0) is 50.9 Å². The van der Waals surface area contributed by atoms with Crippen LogP contribution in [0.2, 0.25) is 0 Å². The fraction of sp³-hybridized carbons (Fsp3) is 0.833. The predicted octanol–water partition coefficient (Wildman–Crippen LogP) is 4.35. The summed E-state index contributed by atoms with van der Waals surface area (Å²) < 4.78 is 5.72. The van der Waals surface area contributed by atoms with E-state index in [1.165, 1.54) is 38.5 Å². The van der Waals surface area contributed by atoms with Gasteiger partial charge >= 0.3 is 5.97 Å². The van der Waals surface area contributed by atoms with E-state index in [1.54, 1.807) is 0 Å². The van der Waals surface area contributed by atoms with Crippen molar-refractivity contribution in [3.63, 3.8) is 0 Å². The highest BCUT2D eigenvalue weighted by molar-refractivity contribution is 5.75. The number of fused-ring (bicyclic) bond motifs is 2. The summed E-state index contributed by atoms with van der Waals surface area (Å²) in [4.78, 5) is 12.6. The molecule has 0 aromatic carbocycles. The van der Waals surface area contributed by atoms with Gasteiger partial charge in [0.2, 0.25) is 0 Å². The third kappa shape index (κ3) is 2.66. The van der Waals surface area contributed by atoms with Crippen LogP contribution < -0.4 is 0 Å². The second-order valence-corrected chi connectivity index (χ2v) is 7.98. The summed E-state index contributed by atoms with van der Waals surface area (Å²) in [5.74, 6) is 2.58. The van der Waals surface area contributed by atoms with Crippen LogP contribution in [0.1, 0.15) is 59.3 Å². The summed E-state index contributed by atoms with van der Waals surface area (Å²) in [6.45, 7) is 5.93. The molecule has 4 unspecified atom stereocenters. The zero-order valence-corrected chi connectivity index (χ0v) is 13.1. The Balaban J connectivity index is 1.76. The Kier molecular flexibility index (Phi) is 3.68. The fourth-order valence-electron chi connectivity index (χ4n) is 4.72. The minimum atomic E-state index is -0.361. The maximum Gasteiger partial charge on any atom is 0.310 e. The molecule has 2 nitrogen and oxygen atoms in total. The number of hydrogen-bond donors (Lipinski definition) is 0. The van der Waals surface area contributed by atoms with Crippen molar-refractivity contribution in [1.29, 1.82) is 0 Å². The van der Waals surface area contributed by atoms with Crippen LogP contribution >= 0.6 is 0 Å². The molecule has 0 saturated heterocycles. The lowest BCUT2D eigenvalue weighted by Gasteiger charge is -2.36. The average Bonchev–Trinajstić information content (AvgIpc) is 2.97. The van der Waals surface area contributed by atoms with Crippen molar-refractivity contribution in [2.45, 2.75) is 64.9 Å². The lowest BCUT2D eigenvalue weighted by molar-refractivity contribution is -0.163. The molecule has 0 radical (unpaired) electrons. The molecule has 2 saturated carbocycles. The highest BCUT2D eigenvalue weighted by Gasteiger charge is 2.52. The Morgan fingerprint density at radius 1 is 1.05 bits per heavy atom. The topological polar surface area (TPSA) is 26.3 Å². The van der Waals surface area contributed by atoms with Crippen LogP contribution in [0.4, 0.5) is 0 Å². The van der Waals surface area contributed by atoms with Crippen LogP contribution in [-0.4, -0.2) is 11.6 Å². The van der Waals surface area contributed by atoms with Crippen molar-refractivity contribution in [1.82, 2.24) is 0 Å². The molecule has 4 atom stereocenters. The largest absolute Gasteiger partial charge is 0.460 e. The van der Waals surface area contributed by atoms with Gasteiger partial charge in [0, 0.05) is 0 Å². The van der Waals surface area contributed by atoms with Crippen LogP contribution in [0.15, 0.2) is 12.2 Å². The number of hydrogen-bond acceptors (Lipinski definition) is 2. The molecule has 0 aliphatic heterocycles. The highest BCUT2D eigenvalue weighted by Crippen LogP contribution is 2.54. The van der Waals surface area contributed by atoms with Crippen LogP contribution in [0.3, 0.4) is 0 Å². The molecule has 2 bridgehead atoms. The first kappa shape index (κ1) is 14.2. The molecule has 0 N–H and O–H groups in total. The van der Waals surface area contributed by atoms with Gasteiger partial charge in [0.15, 0.2) is 0 Å². The summed E-state index contributed by atoms with van der Waals surface area (Å²) in [5, 5.41) is 0. The van der Waals surface area contributed by atoms with E-state index in [-0.39, 0.29) is 17.5 Å². The first-order valence-corrected chi connectivity index (χ1v) is 8.37. The van der Waals surface area contributed by atoms with E-state index >= 15 is 0 Å². The van der Waals surface area contributed by atoms with Crippen molar-refractivity contribution in [3.8, 4) is 0 Å². The molecule has 3 rings (SSSR count). The second kappa shape index (κ2) is 5.20. The Labute approximate surface area is 123 Å². The van der Waals surface area contributed by atoms with Crippen LogP contribution in [0.25, 0.3) is 0 Å². The summed E-state index contributed by atoms with van der Waals surface area (Å²) >= 11 is 0. The number of rotatable bonds is 2. The quantitative estimate of drug-likeness (QED) is 0.554. The molecule has 0 heterocycles. The predicted molar refractivity (Wildman–Crippen MR) is 80.1 cm³/mol. The molecule has 0 aromatic heterocycles. The van der Waals surface area contributed by atoms with Gasteiger partial charge in [0.25, 0.3) is 0 Å². The van der Waals surface area contributed by atoms with Gasteiger partial charge in [-0.1, -0.05) is 44.3 Å². The van der Waals surface area contributed by atoms with Crippen molar-refractivity contribution in [2.75, 3.05) is 0 Å². The fourth-order valence-corrected chi connectivity index (χ4v) is 4.72. The maximum atomic E-state index is 12.6. The van der Waals surface area contributed by atoms with Crippen molar-refractivity contribution in [3.05, 3.63) is 12.2 Å². The normalized spacial score (nSPS) is 37.4. The number of carbonyl (C=O) groups is 1. The van der Waals surface area contributed by atoms with E-state index in [2.05, 4.69) is 12.2 Å². The van der Waals surface area contributed by atoms with Gasteiger partial charge in [-0.25, -0.2) is 0 Å². The summed E-state index contributed by atoms with van der Waals surface area (Å²) in [6.07, 6.45) is 12.6. The summed E-state index contributed by atoms with van der Waals surface area (Å²) in [7, 11) is 0. The summed E-state index contributed by atoms with van der Waals surface area (Å²) in [5.41, 5.74) is -0.361. The SMILES string of the molecule is CC(C)(C)OC(=O)C1C2C=CC(C2)C1C1CCCCC1. The van der Waals surface area contributed by atoms with E-state index in [4.69, 9.17) is 4.74 Å².